The van der Waals surface area contributed by atoms with Crippen LogP contribution in [0.1, 0.15) is 0 Å². The van der Waals surface area contributed by atoms with E-state index in [1.807, 2.05) is 22.7 Å². The summed E-state index contributed by atoms with van der Waals surface area (Å²) in [7, 11) is -1.71. The average molecular weight is 414 g/mol. The van der Waals surface area contributed by atoms with E-state index >= 15 is 0 Å². The van der Waals surface area contributed by atoms with Crippen LogP contribution in [0.5, 0.6) is 5.75 Å². The minimum absolute atomic E-state index is 0.261. The largest absolute Gasteiger partial charge is 0.495 e. The van der Waals surface area contributed by atoms with Crippen LogP contribution < -0.4 is 4.74 Å². The molecule has 0 amide bonds. The Bertz CT molecular complexity index is 1280. The van der Waals surface area contributed by atoms with Crippen molar-refractivity contribution in [1.29, 1.82) is 0 Å². The van der Waals surface area contributed by atoms with Crippen molar-refractivity contribution in [3.63, 3.8) is 0 Å². The van der Waals surface area contributed by atoms with Gasteiger partial charge in [-0.3, -0.25) is 4.40 Å². The summed E-state index contributed by atoms with van der Waals surface area (Å²) in [6.07, 6.45) is 4.72. The smallest absolute Gasteiger partial charge is 0.234 e. The Kier molecular flexibility index (Phi) is 4.56. The lowest BCUT2D eigenvalue weighted by Crippen LogP contribution is -1.97. The molecule has 2 aromatic heterocycles. The number of hydrogen-bond acceptors (Lipinski definition) is 5. The van der Waals surface area contributed by atoms with Crippen LogP contribution in [-0.4, -0.2) is 36.2 Å². The van der Waals surface area contributed by atoms with Crippen molar-refractivity contribution in [2.75, 3.05) is 13.4 Å². The first kappa shape index (κ1) is 18.5. The summed E-state index contributed by atoms with van der Waals surface area (Å²) in [5, 5.41) is 0.475. The fraction of sp³-hybridized carbons (Fsp3) is 0.100. The number of fused-ring (bicyclic) bond motifs is 1. The maximum Gasteiger partial charge on any atom is 0.234 e. The molecule has 0 radical (unpaired) electrons. The quantitative estimate of drug-likeness (QED) is 0.503. The van der Waals surface area contributed by atoms with Crippen molar-refractivity contribution < 1.29 is 13.2 Å². The third-order valence-electron chi connectivity index (χ3n) is 4.38. The van der Waals surface area contributed by atoms with Gasteiger partial charge in [0.25, 0.3) is 0 Å². The monoisotopic (exact) mass is 413 g/mol. The van der Waals surface area contributed by atoms with E-state index < -0.39 is 9.84 Å². The van der Waals surface area contributed by atoms with Crippen molar-refractivity contribution in [3.8, 4) is 28.3 Å². The van der Waals surface area contributed by atoms with Crippen molar-refractivity contribution in [3.05, 3.63) is 65.9 Å². The summed E-state index contributed by atoms with van der Waals surface area (Å²) < 4.78 is 30.6. The van der Waals surface area contributed by atoms with Gasteiger partial charge in [-0.05, 0) is 36.4 Å². The van der Waals surface area contributed by atoms with Gasteiger partial charge in [0.15, 0.2) is 9.84 Å². The van der Waals surface area contributed by atoms with Crippen LogP contribution in [0.3, 0.4) is 0 Å². The molecule has 0 fully saturated rings. The molecule has 4 rings (SSSR count). The molecule has 0 saturated heterocycles. The van der Waals surface area contributed by atoms with E-state index in [-0.39, 0.29) is 4.90 Å². The van der Waals surface area contributed by atoms with Crippen LogP contribution in [0.25, 0.3) is 28.3 Å². The average Bonchev–Trinajstić information content (AvgIpc) is 3.07. The maximum absolute atomic E-state index is 11.8. The van der Waals surface area contributed by atoms with Gasteiger partial charge in [-0.1, -0.05) is 23.7 Å². The number of nitrogens with zero attached hydrogens (tertiary/aromatic N) is 3. The number of methoxy groups -OCH3 is 1. The highest BCUT2D eigenvalue weighted by Crippen LogP contribution is 2.36. The van der Waals surface area contributed by atoms with Crippen LogP contribution in [0.4, 0.5) is 0 Å². The number of imidazole rings is 1. The normalized spacial score (nSPS) is 11.7. The van der Waals surface area contributed by atoms with E-state index in [0.717, 1.165) is 16.8 Å². The van der Waals surface area contributed by atoms with Crippen LogP contribution in [-0.2, 0) is 9.84 Å². The Morgan fingerprint density at radius 3 is 2.43 bits per heavy atom. The lowest BCUT2D eigenvalue weighted by atomic mass is 10.0. The fourth-order valence-electron chi connectivity index (χ4n) is 3.04. The number of sulfone groups is 1. The Morgan fingerprint density at radius 1 is 1.07 bits per heavy atom. The number of hydrogen-bond donors (Lipinski definition) is 0. The molecule has 2 aromatic carbocycles. The van der Waals surface area contributed by atoms with Crippen molar-refractivity contribution >= 4 is 27.2 Å². The molecular formula is C20H16ClN3O3S. The van der Waals surface area contributed by atoms with E-state index in [1.54, 1.807) is 49.7 Å². The first-order valence-electron chi connectivity index (χ1n) is 8.36. The molecule has 0 N–H and O–H groups in total. The first-order valence-corrected chi connectivity index (χ1v) is 10.6. The highest BCUT2D eigenvalue weighted by atomic mass is 35.5. The van der Waals surface area contributed by atoms with Crippen LogP contribution in [0.2, 0.25) is 5.02 Å². The molecule has 0 bridgehead atoms. The molecule has 0 saturated carbocycles. The molecule has 0 atom stereocenters. The number of halogens is 1. The van der Waals surface area contributed by atoms with E-state index in [9.17, 15) is 8.42 Å². The predicted octanol–water partition coefficient (Wildman–Crippen LogP) is 4.13. The second-order valence-corrected chi connectivity index (χ2v) is 8.67. The highest BCUT2D eigenvalue weighted by molar-refractivity contribution is 7.90. The van der Waals surface area contributed by atoms with Gasteiger partial charge >= 0.3 is 0 Å². The Labute approximate surface area is 167 Å². The summed E-state index contributed by atoms with van der Waals surface area (Å²) in [6.45, 7) is 0. The molecule has 4 aromatic rings. The van der Waals surface area contributed by atoms with Gasteiger partial charge in [0.05, 0.1) is 28.4 Å². The summed E-state index contributed by atoms with van der Waals surface area (Å²) in [4.78, 5) is 9.25. The van der Waals surface area contributed by atoms with Gasteiger partial charge < -0.3 is 4.74 Å². The van der Waals surface area contributed by atoms with Crippen LogP contribution in [0, 0.1) is 0 Å². The molecule has 8 heteroatoms. The van der Waals surface area contributed by atoms with E-state index in [0.29, 0.717) is 22.2 Å². The minimum Gasteiger partial charge on any atom is -0.495 e. The van der Waals surface area contributed by atoms with Gasteiger partial charge in [-0.2, -0.15) is 0 Å². The molecule has 0 spiro atoms. The topological polar surface area (TPSA) is 73.6 Å². The summed E-state index contributed by atoms with van der Waals surface area (Å²) >= 11 is 6.31. The molecule has 2 heterocycles. The number of benzene rings is 2. The Morgan fingerprint density at radius 2 is 1.79 bits per heavy atom. The van der Waals surface area contributed by atoms with Gasteiger partial charge in [0.1, 0.15) is 5.75 Å². The lowest BCUT2D eigenvalue weighted by Gasteiger charge is -2.08. The third kappa shape index (κ3) is 3.23. The highest BCUT2D eigenvalue weighted by Gasteiger charge is 2.18. The van der Waals surface area contributed by atoms with E-state index in [1.165, 1.54) is 6.26 Å². The zero-order valence-corrected chi connectivity index (χ0v) is 16.7. The summed E-state index contributed by atoms with van der Waals surface area (Å²) in [6, 6.07) is 14.0. The zero-order chi connectivity index (χ0) is 19.9. The van der Waals surface area contributed by atoms with Crippen LogP contribution in [0.15, 0.2) is 65.8 Å². The van der Waals surface area contributed by atoms with Gasteiger partial charge in [0.2, 0.25) is 5.78 Å². The minimum atomic E-state index is -3.27. The Balaban J connectivity index is 1.95. The SMILES string of the molecule is COc1ccc(-c2nc3ncccn3c2-c2ccc(S(C)(=O)=O)cc2)cc1Cl. The van der Waals surface area contributed by atoms with E-state index in [2.05, 4.69) is 9.97 Å². The molecule has 6 nitrogen and oxygen atoms in total. The predicted molar refractivity (Wildman–Crippen MR) is 109 cm³/mol. The number of aromatic nitrogens is 3. The number of ether oxygens (including phenoxy) is 1. The molecular weight excluding hydrogens is 398 g/mol. The maximum atomic E-state index is 11.8. The van der Waals surface area contributed by atoms with Crippen molar-refractivity contribution in [1.82, 2.24) is 14.4 Å². The number of rotatable bonds is 4. The second kappa shape index (κ2) is 6.92. The van der Waals surface area contributed by atoms with Crippen molar-refractivity contribution in [2.24, 2.45) is 0 Å². The fourth-order valence-corrected chi connectivity index (χ4v) is 3.93. The second-order valence-electron chi connectivity index (χ2n) is 6.24. The molecule has 0 aliphatic heterocycles. The van der Waals surface area contributed by atoms with Gasteiger partial charge in [0, 0.05) is 29.8 Å². The van der Waals surface area contributed by atoms with Gasteiger partial charge in [-0.25, -0.2) is 18.4 Å². The molecule has 142 valence electrons. The first-order chi connectivity index (χ1) is 13.4. The third-order valence-corrected chi connectivity index (χ3v) is 5.81. The zero-order valence-electron chi connectivity index (χ0n) is 15.1. The lowest BCUT2D eigenvalue weighted by molar-refractivity contribution is 0.415. The molecule has 0 aliphatic carbocycles. The van der Waals surface area contributed by atoms with Crippen molar-refractivity contribution in [2.45, 2.75) is 4.90 Å². The molecule has 28 heavy (non-hydrogen) atoms. The summed E-state index contributed by atoms with van der Waals surface area (Å²) in [5.74, 6) is 1.11. The van der Waals surface area contributed by atoms with Crippen LogP contribution >= 0.6 is 11.6 Å². The standard InChI is InChI=1S/C20H16ClN3O3S/c1-27-17-9-6-14(12-16(17)21)18-19(24-11-3-10-22-20(24)23-18)13-4-7-15(8-5-13)28(2,25)26/h3-12H,1-2H3. The molecule has 0 unspecified atom stereocenters. The van der Waals surface area contributed by atoms with E-state index in [4.69, 9.17) is 16.3 Å². The summed E-state index contributed by atoms with van der Waals surface area (Å²) in [5.41, 5.74) is 3.10. The molecule has 0 aliphatic rings. The Hall–Kier alpha value is -2.90. The van der Waals surface area contributed by atoms with Gasteiger partial charge in [-0.15, -0.1) is 0 Å².